The summed E-state index contributed by atoms with van der Waals surface area (Å²) in [4.78, 5) is 14.0. The molecule has 0 aliphatic carbocycles. The van der Waals surface area contributed by atoms with Gasteiger partial charge in [0.1, 0.15) is 11.5 Å². The van der Waals surface area contributed by atoms with Crippen molar-refractivity contribution in [1.82, 2.24) is 4.90 Å². The second-order valence-electron chi connectivity index (χ2n) is 5.87. The van der Waals surface area contributed by atoms with Crippen LogP contribution in [0.2, 0.25) is 0 Å². The van der Waals surface area contributed by atoms with Gasteiger partial charge in [0.25, 0.3) is 0 Å². The molecule has 1 atom stereocenters. The number of benzene rings is 1. The van der Waals surface area contributed by atoms with Gasteiger partial charge in [-0.1, -0.05) is 0 Å². The number of carbonyl (C=O) groups is 1. The molecule has 0 bridgehead atoms. The lowest BCUT2D eigenvalue weighted by atomic mass is 10.1. The molecule has 128 valence electrons. The molecule has 1 fully saturated rings. The van der Waals surface area contributed by atoms with Gasteiger partial charge in [0.05, 0.1) is 32.1 Å². The van der Waals surface area contributed by atoms with Gasteiger partial charge >= 0.3 is 0 Å². The number of ether oxygens (including phenoxy) is 2. The van der Waals surface area contributed by atoms with Gasteiger partial charge in [0.2, 0.25) is 5.91 Å². The number of carbonyl (C=O) groups excluding carboxylic acids is 1. The second kappa shape index (κ2) is 6.78. The molecule has 0 N–H and O–H groups in total. The smallest absolute Gasteiger partial charge is 0.227 e. The van der Waals surface area contributed by atoms with E-state index in [9.17, 15) is 13.2 Å². The quantitative estimate of drug-likeness (QED) is 0.805. The molecule has 1 amide bonds. The van der Waals surface area contributed by atoms with Crippen LogP contribution in [0.25, 0.3) is 0 Å². The summed E-state index contributed by atoms with van der Waals surface area (Å²) >= 11 is 0. The van der Waals surface area contributed by atoms with Crippen molar-refractivity contribution in [3.05, 3.63) is 23.3 Å². The average molecular weight is 341 g/mol. The van der Waals surface area contributed by atoms with Gasteiger partial charge in [-0.2, -0.15) is 0 Å². The zero-order chi connectivity index (χ0) is 17.2. The first-order chi connectivity index (χ1) is 10.8. The summed E-state index contributed by atoms with van der Waals surface area (Å²) in [5.74, 6) is 1.39. The first-order valence-corrected chi connectivity index (χ1v) is 9.27. The van der Waals surface area contributed by atoms with E-state index in [0.29, 0.717) is 17.9 Å². The molecule has 23 heavy (non-hydrogen) atoms. The first-order valence-electron chi connectivity index (χ1n) is 7.45. The normalized spacial score (nSPS) is 19.4. The largest absolute Gasteiger partial charge is 0.496 e. The average Bonchev–Trinajstić information content (AvgIpc) is 2.87. The molecule has 1 aliphatic heterocycles. The molecule has 6 nitrogen and oxygen atoms in total. The third-order valence-corrected chi connectivity index (χ3v) is 6.04. The van der Waals surface area contributed by atoms with Crippen molar-refractivity contribution in [3.8, 4) is 11.5 Å². The summed E-state index contributed by atoms with van der Waals surface area (Å²) < 4.78 is 33.8. The van der Waals surface area contributed by atoms with Gasteiger partial charge in [0, 0.05) is 18.7 Å². The highest BCUT2D eigenvalue weighted by Crippen LogP contribution is 2.29. The molecule has 0 spiro atoms. The van der Waals surface area contributed by atoms with Gasteiger partial charge in [-0.25, -0.2) is 8.42 Å². The molecule has 2 rings (SSSR count). The summed E-state index contributed by atoms with van der Waals surface area (Å²) in [6, 6.07) is 3.39. The summed E-state index contributed by atoms with van der Waals surface area (Å²) in [5, 5.41) is 0. The minimum atomic E-state index is -3.01. The van der Waals surface area contributed by atoms with Gasteiger partial charge in [-0.3, -0.25) is 4.79 Å². The van der Waals surface area contributed by atoms with E-state index < -0.39 is 9.84 Å². The SMILES string of the molecule is COc1cc(CC(=O)N(C)C2CCS(=O)(=O)C2)c(OC)cc1C. The summed E-state index contributed by atoms with van der Waals surface area (Å²) in [6.45, 7) is 1.91. The zero-order valence-electron chi connectivity index (χ0n) is 14.0. The van der Waals surface area contributed by atoms with E-state index in [1.165, 1.54) is 4.90 Å². The molecule has 1 aromatic carbocycles. The molecule has 1 unspecified atom stereocenters. The number of rotatable bonds is 5. The Kier molecular flexibility index (Phi) is 5.19. The van der Waals surface area contributed by atoms with Crippen molar-refractivity contribution < 1.29 is 22.7 Å². The molecule has 0 radical (unpaired) electrons. The van der Waals surface area contributed by atoms with Crippen LogP contribution >= 0.6 is 0 Å². The Morgan fingerprint density at radius 3 is 2.43 bits per heavy atom. The number of hydrogen-bond acceptors (Lipinski definition) is 5. The Balaban J connectivity index is 2.16. The Morgan fingerprint density at radius 1 is 1.26 bits per heavy atom. The number of hydrogen-bond donors (Lipinski definition) is 0. The van der Waals surface area contributed by atoms with E-state index in [1.54, 1.807) is 27.3 Å². The minimum absolute atomic E-state index is 0.0452. The molecule has 7 heteroatoms. The summed E-state index contributed by atoms with van der Waals surface area (Å²) in [7, 11) is 1.78. The third-order valence-electron chi connectivity index (χ3n) is 4.29. The zero-order valence-corrected chi connectivity index (χ0v) is 14.8. The molecule has 1 heterocycles. The number of aryl methyl sites for hydroxylation is 1. The van der Waals surface area contributed by atoms with Crippen molar-refractivity contribution in [2.24, 2.45) is 0 Å². The number of sulfone groups is 1. The van der Waals surface area contributed by atoms with Crippen LogP contribution in [-0.4, -0.2) is 58.0 Å². The van der Waals surface area contributed by atoms with E-state index in [2.05, 4.69) is 0 Å². The number of methoxy groups -OCH3 is 2. The topological polar surface area (TPSA) is 72.9 Å². The monoisotopic (exact) mass is 341 g/mol. The number of amides is 1. The fourth-order valence-electron chi connectivity index (χ4n) is 2.82. The van der Waals surface area contributed by atoms with Crippen LogP contribution < -0.4 is 9.47 Å². The summed E-state index contributed by atoms with van der Waals surface area (Å²) in [5.41, 5.74) is 1.66. The number of likely N-dealkylation sites (N-methyl/N-ethyl adjacent to an activating group) is 1. The van der Waals surface area contributed by atoms with Crippen molar-refractivity contribution in [3.63, 3.8) is 0 Å². The van der Waals surface area contributed by atoms with Crippen LogP contribution in [-0.2, 0) is 21.1 Å². The third kappa shape index (κ3) is 3.96. The van der Waals surface area contributed by atoms with Crippen LogP contribution in [0.15, 0.2) is 12.1 Å². The molecule has 1 aliphatic rings. The lowest BCUT2D eigenvalue weighted by Gasteiger charge is -2.24. The van der Waals surface area contributed by atoms with E-state index in [0.717, 1.165) is 11.1 Å². The van der Waals surface area contributed by atoms with Crippen molar-refractivity contribution in [2.45, 2.75) is 25.8 Å². The Morgan fingerprint density at radius 2 is 1.91 bits per heavy atom. The van der Waals surface area contributed by atoms with Gasteiger partial charge in [-0.05, 0) is 31.0 Å². The molecular formula is C16H23NO5S. The van der Waals surface area contributed by atoms with Gasteiger partial charge in [0.15, 0.2) is 9.84 Å². The van der Waals surface area contributed by atoms with Crippen LogP contribution in [0, 0.1) is 6.92 Å². The fourth-order valence-corrected chi connectivity index (χ4v) is 4.60. The molecule has 0 saturated carbocycles. The van der Waals surface area contributed by atoms with E-state index in [4.69, 9.17) is 9.47 Å². The fraction of sp³-hybridized carbons (Fsp3) is 0.562. The maximum atomic E-state index is 12.5. The van der Waals surface area contributed by atoms with Crippen molar-refractivity contribution >= 4 is 15.7 Å². The van der Waals surface area contributed by atoms with Crippen LogP contribution in [0.5, 0.6) is 11.5 Å². The van der Waals surface area contributed by atoms with Crippen molar-refractivity contribution in [2.75, 3.05) is 32.8 Å². The molecular weight excluding hydrogens is 318 g/mol. The predicted octanol–water partition coefficient (Wildman–Crippen LogP) is 1.20. The first kappa shape index (κ1) is 17.6. The van der Waals surface area contributed by atoms with Crippen LogP contribution in [0.1, 0.15) is 17.5 Å². The minimum Gasteiger partial charge on any atom is -0.496 e. The standard InChI is InChI=1S/C16H23NO5S/c1-11-7-15(22-4)12(8-14(11)21-3)9-16(18)17(2)13-5-6-23(19,20)10-13/h7-8,13H,5-6,9-10H2,1-4H3. The molecule has 1 aromatic rings. The highest BCUT2D eigenvalue weighted by Gasteiger charge is 2.32. The maximum absolute atomic E-state index is 12.5. The van der Waals surface area contributed by atoms with E-state index in [-0.39, 0.29) is 29.9 Å². The molecule has 0 aromatic heterocycles. The van der Waals surface area contributed by atoms with Crippen molar-refractivity contribution in [1.29, 1.82) is 0 Å². The van der Waals surface area contributed by atoms with Crippen LogP contribution in [0.3, 0.4) is 0 Å². The lowest BCUT2D eigenvalue weighted by molar-refractivity contribution is -0.130. The van der Waals surface area contributed by atoms with Crippen LogP contribution in [0.4, 0.5) is 0 Å². The Labute approximate surface area is 137 Å². The van der Waals surface area contributed by atoms with Gasteiger partial charge in [-0.15, -0.1) is 0 Å². The van der Waals surface area contributed by atoms with E-state index in [1.807, 2.05) is 13.0 Å². The number of nitrogens with zero attached hydrogens (tertiary/aromatic N) is 1. The molecule has 1 saturated heterocycles. The Hall–Kier alpha value is -1.76. The highest BCUT2D eigenvalue weighted by atomic mass is 32.2. The highest BCUT2D eigenvalue weighted by molar-refractivity contribution is 7.91. The van der Waals surface area contributed by atoms with Gasteiger partial charge < -0.3 is 14.4 Å². The second-order valence-corrected chi connectivity index (χ2v) is 8.10. The lowest BCUT2D eigenvalue weighted by Crippen LogP contribution is -2.38. The Bertz CT molecular complexity index is 699. The summed E-state index contributed by atoms with van der Waals surface area (Å²) in [6.07, 6.45) is 0.645. The van der Waals surface area contributed by atoms with E-state index >= 15 is 0 Å². The maximum Gasteiger partial charge on any atom is 0.227 e. The predicted molar refractivity (Wildman–Crippen MR) is 87.8 cm³/mol.